The number of halogens is 1. The Hall–Kier alpha value is -2.44. The van der Waals surface area contributed by atoms with E-state index >= 15 is 0 Å². The molecule has 1 aliphatic heterocycles. The van der Waals surface area contributed by atoms with Crippen molar-refractivity contribution in [1.82, 2.24) is 5.32 Å². The lowest BCUT2D eigenvalue weighted by molar-refractivity contribution is -0.119. The van der Waals surface area contributed by atoms with Gasteiger partial charge in [0.25, 0.3) is 0 Å². The topological polar surface area (TPSA) is 75.7 Å². The van der Waals surface area contributed by atoms with E-state index in [1.54, 1.807) is 0 Å². The van der Waals surface area contributed by atoms with Gasteiger partial charge >= 0.3 is 6.09 Å². The van der Waals surface area contributed by atoms with E-state index in [0.717, 1.165) is 6.07 Å². The Bertz CT molecular complexity index is 561. The molecule has 1 saturated heterocycles. The van der Waals surface area contributed by atoms with Crippen LogP contribution in [0.25, 0.3) is 0 Å². The first kappa shape index (κ1) is 14.0. The molecule has 0 bridgehead atoms. The predicted octanol–water partition coefficient (Wildman–Crippen LogP) is 1.10. The minimum absolute atomic E-state index is 0.0730. The summed E-state index contributed by atoms with van der Waals surface area (Å²) in [7, 11) is 0. The largest absolute Gasteiger partial charge is 0.442 e. The molecule has 6 nitrogen and oxygen atoms in total. The third-order valence-corrected chi connectivity index (χ3v) is 2.88. The van der Waals surface area contributed by atoms with Gasteiger partial charge in [0.2, 0.25) is 5.91 Å². The first-order valence-electron chi connectivity index (χ1n) is 5.98. The van der Waals surface area contributed by atoms with E-state index in [4.69, 9.17) is 4.74 Å². The number of benzene rings is 1. The standard InChI is InChI=1S/C13H13FN2O4/c1-8(18)15-5-11-6-16(13(19)20-11)10-3-2-9(7-17)12(14)4-10/h2-4,7,11H,5-6H2,1H3,(H,15,18)/t11-/m1/s1. The van der Waals surface area contributed by atoms with Crippen LogP contribution in [0.1, 0.15) is 17.3 Å². The summed E-state index contributed by atoms with van der Waals surface area (Å²) in [5.41, 5.74) is 0.236. The molecule has 1 aliphatic rings. The minimum atomic E-state index is -0.699. The average Bonchev–Trinajstić information content (AvgIpc) is 2.77. The number of rotatable bonds is 4. The van der Waals surface area contributed by atoms with Gasteiger partial charge in [0, 0.05) is 6.92 Å². The number of ether oxygens (including phenoxy) is 1. The predicted molar refractivity (Wildman–Crippen MR) is 68.1 cm³/mol. The van der Waals surface area contributed by atoms with Crippen LogP contribution >= 0.6 is 0 Å². The van der Waals surface area contributed by atoms with Crippen molar-refractivity contribution in [3.63, 3.8) is 0 Å². The van der Waals surface area contributed by atoms with Crippen LogP contribution in [0.15, 0.2) is 18.2 Å². The van der Waals surface area contributed by atoms with Crippen LogP contribution in [0.2, 0.25) is 0 Å². The number of hydrogen-bond acceptors (Lipinski definition) is 4. The average molecular weight is 280 g/mol. The van der Waals surface area contributed by atoms with Crippen molar-refractivity contribution >= 4 is 24.0 Å². The molecule has 1 atom stereocenters. The number of carbonyl (C=O) groups is 3. The SMILES string of the molecule is CC(=O)NC[C@@H]1CN(c2ccc(C=O)c(F)c2)C(=O)O1. The normalized spacial score (nSPS) is 17.8. The third-order valence-electron chi connectivity index (χ3n) is 2.88. The van der Waals surface area contributed by atoms with Gasteiger partial charge in [-0.25, -0.2) is 9.18 Å². The van der Waals surface area contributed by atoms with E-state index in [2.05, 4.69) is 5.32 Å². The second-order valence-corrected chi connectivity index (χ2v) is 4.38. The highest BCUT2D eigenvalue weighted by Gasteiger charge is 2.32. The number of hydrogen-bond donors (Lipinski definition) is 1. The summed E-state index contributed by atoms with van der Waals surface area (Å²) in [4.78, 5) is 34.3. The lowest BCUT2D eigenvalue weighted by Crippen LogP contribution is -2.33. The summed E-state index contributed by atoms with van der Waals surface area (Å²) in [6.45, 7) is 1.77. The van der Waals surface area contributed by atoms with Crippen molar-refractivity contribution in [1.29, 1.82) is 0 Å². The summed E-state index contributed by atoms with van der Waals surface area (Å²) in [6.07, 6.45) is -0.695. The molecule has 0 radical (unpaired) electrons. The Balaban J connectivity index is 2.09. The molecular formula is C13H13FN2O4. The second-order valence-electron chi connectivity index (χ2n) is 4.38. The lowest BCUT2D eigenvalue weighted by Gasteiger charge is -2.13. The van der Waals surface area contributed by atoms with Gasteiger partial charge in [0.1, 0.15) is 11.9 Å². The van der Waals surface area contributed by atoms with Crippen molar-refractivity contribution in [2.75, 3.05) is 18.0 Å². The zero-order valence-corrected chi connectivity index (χ0v) is 10.8. The van der Waals surface area contributed by atoms with E-state index in [-0.39, 0.29) is 24.6 Å². The molecule has 106 valence electrons. The van der Waals surface area contributed by atoms with Crippen molar-refractivity contribution in [3.8, 4) is 0 Å². The number of aldehydes is 1. The summed E-state index contributed by atoms with van der Waals surface area (Å²) in [5.74, 6) is -0.920. The molecule has 0 aliphatic carbocycles. The molecule has 1 aromatic rings. The van der Waals surface area contributed by atoms with Gasteiger partial charge in [0.05, 0.1) is 24.3 Å². The van der Waals surface area contributed by atoms with Crippen LogP contribution in [0.3, 0.4) is 0 Å². The quantitative estimate of drug-likeness (QED) is 0.838. The smallest absolute Gasteiger partial charge is 0.414 e. The van der Waals surface area contributed by atoms with Crippen molar-refractivity contribution < 1.29 is 23.5 Å². The van der Waals surface area contributed by atoms with Crippen LogP contribution in [-0.4, -0.2) is 37.5 Å². The molecule has 2 amide bonds. The number of nitrogens with zero attached hydrogens (tertiary/aromatic N) is 1. The monoisotopic (exact) mass is 280 g/mol. The van der Waals surface area contributed by atoms with Crippen LogP contribution in [0.4, 0.5) is 14.9 Å². The summed E-state index contributed by atoms with van der Waals surface area (Å²) in [5, 5.41) is 2.55. The highest BCUT2D eigenvalue weighted by atomic mass is 19.1. The van der Waals surface area contributed by atoms with Crippen LogP contribution in [0, 0.1) is 5.82 Å². The molecule has 0 saturated carbocycles. The van der Waals surface area contributed by atoms with E-state index in [9.17, 15) is 18.8 Å². The Morgan fingerprint density at radius 2 is 2.35 bits per heavy atom. The summed E-state index contributed by atoms with van der Waals surface area (Å²) in [6, 6.07) is 3.87. The fourth-order valence-corrected chi connectivity index (χ4v) is 1.88. The molecule has 0 unspecified atom stereocenters. The maximum atomic E-state index is 13.5. The molecule has 1 aromatic carbocycles. The van der Waals surface area contributed by atoms with Gasteiger partial charge in [-0.3, -0.25) is 14.5 Å². The second kappa shape index (κ2) is 5.68. The number of amides is 2. The van der Waals surface area contributed by atoms with Crippen LogP contribution < -0.4 is 10.2 Å². The molecule has 2 rings (SSSR count). The highest BCUT2D eigenvalue weighted by molar-refractivity contribution is 5.90. The fourth-order valence-electron chi connectivity index (χ4n) is 1.88. The van der Waals surface area contributed by atoms with Gasteiger partial charge in [-0.2, -0.15) is 0 Å². The Kier molecular flexibility index (Phi) is 3.97. The summed E-state index contributed by atoms with van der Waals surface area (Å²) < 4.78 is 18.6. The fraction of sp³-hybridized carbons (Fsp3) is 0.308. The summed E-state index contributed by atoms with van der Waals surface area (Å²) >= 11 is 0. The van der Waals surface area contributed by atoms with E-state index in [1.165, 1.54) is 24.0 Å². The molecular weight excluding hydrogens is 267 g/mol. The lowest BCUT2D eigenvalue weighted by atomic mass is 10.2. The van der Waals surface area contributed by atoms with Gasteiger partial charge < -0.3 is 10.1 Å². The first-order valence-corrected chi connectivity index (χ1v) is 5.98. The van der Waals surface area contributed by atoms with Crippen molar-refractivity contribution in [2.24, 2.45) is 0 Å². The Morgan fingerprint density at radius 1 is 1.60 bits per heavy atom. The maximum Gasteiger partial charge on any atom is 0.414 e. The molecule has 0 spiro atoms. The zero-order valence-electron chi connectivity index (χ0n) is 10.8. The van der Waals surface area contributed by atoms with Gasteiger partial charge in [-0.05, 0) is 18.2 Å². The number of carbonyl (C=O) groups excluding carboxylic acids is 3. The molecule has 7 heteroatoms. The molecule has 0 aromatic heterocycles. The van der Waals surface area contributed by atoms with Crippen LogP contribution in [0.5, 0.6) is 0 Å². The Morgan fingerprint density at radius 3 is 2.95 bits per heavy atom. The zero-order chi connectivity index (χ0) is 14.7. The molecule has 1 fully saturated rings. The number of anilines is 1. The van der Waals surface area contributed by atoms with Crippen molar-refractivity contribution in [3.05, 3.63) is 29.6 Å². The van der Waals surface area contributed by atoms with Gasteiger partial charge in [-0.1, -0.05) is 0 Å². The van der Waals surface area contributed by atoms with E-state index in [1.807, 2.05) is 0 Å². The molecule has 1 N–H and O–H groups in total. The number of nitrogens with one attached hydrogen (secondary N) is 1. The number of cyclic esters (lactones) is 1. The molecule has 1 heterocycles. The first-order chi connectivity index (χ1) is 9.51. The van der Waals surface area contributed by atoms with E-state index in [0.29, 0.717) is 12.0 Å². The van der Waals surface area contributed by atoms with Gasteiger partial charge in [-0.15, -0.1) is 0 Å². The minimum Gasteiger partial charge on any atom is -0.442 e. The Labute approximate surface area is 114 Å². The molecule has 20 heavy (non-hydrogen) atoms. The van der Waals surface area contributed by atoms with E-state index < -0.39 is 18.0 Å². The van der Waals surface area contributed by atoms with Crippen molar-refractivity contribution in [2.45, 2.75) is 13.0 Å². The van der Waals surface area contributed by atoms with Gasteiger partial charge in [0.15, 0.2) is 6.29 Å². The maximum absolute atomic E-state index is 13.5. The third kappa shape index (κ3) is 2.93. The van der Waals surface area contributed by atoms with Crippen LogP contribution in [-0.2, 0) is 9.53 Å². The highest BCUT2D eigenvalue weighted by Crippen LogP contribution is 2.23.